The van der Waals surface area contributed by atoms with Gasteiger partial charge in [-0.2, -0.15) is 0 Å². The molecular weight excluding hydrogens is 205 g/mol. The van der Waals surface area contributed by atoms with E-state index in [1.165, 1.54) is 25.0 Å². The molecule has 2 N–H and O–H groups in total. The van der Waals surface area contributed by atoms with Crippen molar-refractivity contribution in [2.75, 3.05) is 6.61 Å². The Labute approximate surface area is 95.6 Å². The maximum Gasteiger partial charge on any atom is 0.126 e. The molecule has 1 fully saturated rings. The van der Waals surface area contributed by atoms with E-state index in [1.54, 1.807) is 12.1 Å². The Morgan fingerprint density at radius 1 is 1.50 bits per heavy atom. The smallest absolute Gasteiger partial charge is 0.126 e. The van der Waals surface area contributed by atoms with Gasteiger partial charge in [0.1, 0.15) is 11.6 Å². The molecule has 0 spiro atoms. The van der Waals surface area contributed by atoms with Gasteiger partial charge in [0.05, 0.1) is 6.61 Å². The Morgan fingerprint density at radius 2 is 2.25 bits per heavy atom. The summed E-state index contributed by atoms with van der Waals surface area (Å²) in [5.74, 6) is 0.339. The summed E-state index contributed by atoms with van der Waals surface area (Å²) in [6.07, 6.45) is 3.34. The number of hydrogen-bond donors (Lipinski definition) is 1. The summed E-state index contributed by atoms with van der Waals surface area (Å²) >= 11 is 0. The van der Waals surface area contributed by atoms with Crippen LogP contribution in [0.5, 0.6) is 5.75 Å². The van der Waals surface area contributed by atoms with E-state index in [1.807, 2.05) is 0 Å². The quantitative estimate of drug-likeness (QED) is 0.833. The van der Waals surface area contributed by atoms with Crippen LogP contribution in [-0.4, -0.2) is 12.6 Å². The maximum atomic E-state index is 12.9. The molecule has 1 unspecified atom stereocenters. The van der Waals surface area contributed by atoms with Crippen LogP contribution in [0.15, 0.2) is 24.3 Å². The first-order valence-corrected chi connectivity index (χ1v) is 5.76. The van der Waals surface area contributed by atoms with Gasteiger partial charge in [-0.15, -0.1) is 0 Å². The third kappa shape index (κ3) is 2.53. The Kier molecular flexibility index (Phi) is 3.15. The van der Waals surface area contributed by atoms with Crippen LogP contribution in [0.2, 0.25) is 0 Å². The van der Waals surface area contributed by atoms with Crippen molar-refractivity contribution in [3.8, 4) is 5.75 Å². The second-order valence-electron chi connectivity index (χ2n) is 4.71. The van der Waals surface area contributed by atoms with Gasteiger partial charge in [0, 0.05) is 12.1 Å². The van der Waals surface area contributed by atoms with Crippen LogP contribution >= 0.6 is 0 Å². The van der Waals surface area contributed by atoms with Gasteiger partial charge in [-0.3, -0.25) is 0 Å². The van der Waals surface area contributed by atoms with Crippen molar-refractivity contribution in [2.24, 2.45) is 11.1 Å². The average Bonchev–Trinajstić information content (AvgIpc) is 2.99. The van der Waals surface area contributed by atoms with Crippen molar-refractivity contribution in [3.05, 3.63) is 30.1 Å². The zero-order chi connectivity index (χ0) is 11.6. The normalized spacial score (nSPS) is 19.2. The molecule has 0 bridgehead atoms. The van der Waals surface area contributed by atoms with Crippen LogP contribution in [0, 0.1) is 11.2 Å². The number of halogens is 1. The van der Waals surface area contributed by atoms with Crippen molar-refractivity contribution in [2.45, 2.75) is 32.2 Å². The summed E-state index contributed by atoms with van der Waals surface area (Å²) in [4.78, 5) is 0. The molecule has 1 aromatic rings. The van der Waals surface area contributed by atoms with Gasteiger partial charge < -0.3 is 10.5 Å². The topological polar surface area (TPSA) is 35.2 Å². The highest BCUT2D eigenvalue weighted by Gasteiger charge is 2.45. The second-order valence-corrected chi connectivity index (χ2v) is 4.71. The van der Waals surface area contributed by atoms with Gasteiger partial charge in [0.2, 0.25) is 0 Å². The molecule has 0 aliphatic heterocycles. The molecule has 1 saturated carbocycles. The second kappa shape index (κ2) is 4.42. The number of ether oxygens (including phenoxy) is 1. The largest absolute Gasteiger partial charge is 0.493 e. The van der Waals surface area contributed by atoms with Gasteiger partial charge in [0.25, 0.3) is 0 Å². The zero-order valence-corrected chi connectivity index (χ0v) is 9.58. The Morgan fingerprint density at radius 3 is 2.81 bits per heavy atom. The fraction of sp³-hybridized carbons (Fsp3) is 0.538. The third-order valence-electron chi connectivity index (χ3n) is 3.52. The standard InChI is InChI=1S/C13H18FNO/c1-10(15)13(5-6-13)7-8-16-12-4-2-3-11(14)9-12/h2-4,9-10H,5-8,15H2,1H3. The van der Waals surface area contributed by atoms with Crippen molar-refractivity contribution < 1.29 is 9.13 Å². The van der Waals surface area contributed by atoms with E-state index in [4.69, 9.17) is 10.5 Å². The molecule has 1 aromatic carbocycles. The van der Waals surface area contributed by atoms with Crippen LogP contribution in [-0.2, 0) is 0 Å². The van der Waals surface area contributed by atoms with E-state index in [0.29, 0.717) is 12.4 Å². The van der Waals surface area contributed by atoms with Crippen LogP contribution in [0.3, 0.4) is 0 Å². The summed E-state index contributed by atoms with van der Waals surface area (Å²) in [5, 5.41) is 0. The summed E-state index contributed by atoms with van der Waals surface area (Å²) in [6.45, 7) is 2.67. The first kappa shape index (κ1) is 11.4. The highest BCUT2D eigenvalue weighted by Crippen LogP contribution is 2.50. The Balaban J connectivity index is 1.80. The summed E-state index contributed by atoms with van der Waals surface area (Å²) < 4.78 is 18.4. The predicted molar refractivity (Wildman–Crippen MR) is 61.8 cm³/mol. The molecule has 2 nitrogen and oxygen atoms in total. The van der Waals surface area contributed by atoms with Crippen LogP contribution in [0.25, 0.3) is 0 Å². The minimum absolute atomic E-state index is 0.226. The molecule has 16 heavy (non-hydrogen) atoms. The summed E-state index contributed by atoms with van der Waals surface area (Å²) in [7, 11) is 0. The molecule has 3 heteroatoms. The molecule has 1 aliphatic carbocycles. The molecule has 0 aromatic heterocycles. The number of rotatable bonds is 5. The van der Waals surface area contributed by atoms with Crippen LogP contribution in [0.4, 0.5) is 4.39 Å². The van der Waals surface area contributed by atoms with Crippen molar-refractivity contribution in [1.29, 1.82) is 0 Å². The molecule has 0 heterocycles. The Bertz CT molecular complexity index is 361. The van der Waals surface area contributed by atoms with E-state index in [2.05, 4.69) is 6.92 Å². The molecule has 1 aliphatic rings. The lowest BCUT2D eigenvalue weighted by molar-refractivity contribution is 0.252. The number of benzene rings is 1. The van der Waals surface area contributed by atoms with E-state index in [9.17, 15) is 4.39 Å². The first-order chi connectivity index (χ1) is 7.62. The molecule has 88 valence electrons. The highest BCUT2D eigenvalue weighted by molar-refractivity contribution is 5.22. The number of nitrogens with two attached hydrogens (primary N) is 1. The lowest BCUT2D eigenvalue weighted by Crippen LogP contribution is -2.29. The van der Waals surface area contributed by atoms with Gasteiger partial charge in [-0.1, -0.05) is 6.07 Å². The lowest BCUT2D eigenvalue weighted by Gasteiger charge is -2.19. The van der Waals surface area contributed by atoms with Crippen molar-refractivity contribution >= 4 is 0 Å². The monoisotopic (exact) mass is 223 g/mol. The van der Waals surface area contributed by atoms with E-state index in [-0.39, 0.29) is 17.3 Å². The van der Waals surface area contributed by atoms with Crippen molar-refractivity contribution in [1.82, 2.24) is 0 Å². The number of hydrogen-bond acceptors (Lipinski definition) is 2. The summed E-state index contributed by atoms with van der Waals surface area (Å²) in [5.41, 5.74) is 6.21. The lowest BCUT2D eigenvalue weighted by atomic mass is 9.95. The molecule has 0 saturated heterocycles. The Hall–Kier alpha value is -1.09. The van der Waals surface area contributed by atoms with Gasteiger partial charge in [-0.25, -0.2) is 4.39 Å². The molecule has 0 radical (unpaired) electrons. The maximum absolute atomic E-state index is 12.9. The van der Waals surface area contributed by atoms with Crippen LogP contribution in [0.1, 0.15) is 26.2 Å². The average molecular weight is 223 g/mol. The van der Waals surface area contributed by atoms with Gasteiger partial charge in [-0.05, 0) is 43.7 Å². The molecule has 2 rings (SSSR count). The zero-order valence-electron chi connectivity index (χ0n) is 9.58. The SMILES string of the molecule is CC(N)C1(CCOc2cccc(F)c2)CC1. The van der Waals surface area contributed by atoms with Crippen molar-refractivity contribution in [3.63, 3.8) is 0 Å². The molecule has 1 atom stereocenters. The summed E-state index contributed by atoms with van der Waals surface area (Å²) in [6, 6.07) is 6.48. The van der Waals surface area contributed by atoms with Gasteiger partial charge >= 0.3 is 0 Å². The van der Waals surface area contributed by atoms with Crippen LogP contribution < -0.4 is 10.5 Å². The van der Waals surface area contributed by atoms with E-state index < -0.39 is 0 Å². The van der Waals surface area contributed by atoms with E-state index in [0.717, 1.165) is 6.42 Å². The third-order valence-corrected chi connectivity index (χ3v) is 3.52. The van der Waals surface area contributed by atoms with Gasteiger partial charge in [0.15, 0.2) is 0 Å². The molecule has 0 amide bonds. The van der Waals surface area contributed by atoms with E-state index >= 15 is 0 Å². The molecular formula is C13H18FNO. The predicted octanol–water partition coefficient (Wildman–Crippen LogP) is 2.72. The highest BCUT2D eigenvalue weighted by atomic mass is 19.1. The minimum atomic E-state index is -0.258. The minimum Gasteiger partial charge on any atom is -0.493 e. The first-order valence-electron chi connectivity index (χ1n) is 5.76. The fourth-order valence-electron chi connectivity index (χ4n) is 2.02. The fourth-order valence-corrected chi connectivity index (χ4v) is 2.02.